The second kappa shape index (κ2) is 9.20. The Balaban J connectivity index is 2.09. The molecule has 0 spiro atoms. The third-order valence-electron chi connectivity index (χ3n) is 3.44. The molecule has 28 heavy (non-hydrogen) atoms. The summed E-state index contributed by atoms with van der Waals surface area (Å²) in [5.74, 6) is -0.239. The molecule has 0 aliphatic rings. The number of hydrogen-bond donors (Lipinski definition) is 2. The van der Waals surface area contributed by atoms with Gasteiger partial charge in [0.2, 0.25) is 5.91 Å². The van der Waals surface area contributed by atoms with Gasteiger partial charge in [-0.1, -0.05) is 25.4 Å². The molecular weight excluding hydrogens is 414 g/mol. The van der Waals surface area contributed by atoms with E-state index in [2.05, 4.69) is 14.8 Å². The van der Waals surface area contributed by atoms with Gasteiger partial charge in [-0.3, -0.25) is 9.52 Å². The summed E-state index contributed by atoms with van der Waals surface area (Å²) in [7, 11) is -4.00. The highest BCUT2D eigenvalue weighted by atomic mass is 35.5. The molecule has 6 nitrogen and oxygen atoms in total. The number of alkyl halides is 2. The van der Waals surface area contributed by atoms with Crippen LogP contribution in [0.25, 0.3) is 0 Å². The van der Waals surface area contributed by atoms with E-state index in [1.165, 1.54) is 12.1 Å². The third kappa shape index (κ3) is 6.35. The minimum Gasteiger partial charge on any atom is -0.433 e. The Morgan fingerprint density at radius 1 is 1.11 bits per heavy atom. The fourth-order valence-corrected chi connectivity index (χ4v) is 3.63. The van der Waals surface area contributed by atoms with Gasteiger partial charge in [0, 0.05) is 17.8 Å². The lowest BCUT2D eigenvalue weighted by molar-refractivity contribution is -0.116. The number of hydrogen-bond acceptors (Lipinski definition) is 4. The van der Waals surface area contributed by atoms with Crippen molar-refractivity contribution in [2.75, 3.05) is 10.0 Å². The van der Waals surface area contributed by atoms with Gasteiger partial charge in [0.1, 0.15) is 5.75 Å². The molecule has 0 aliphatic heterocycles. The second-order valence-corrected chi connectivity index (χ2v) is 8.39. The number of carbonyl (C=O) groups is 1. The molecule has 0 saturated carbocycles. The molecular formula is C18H19ClF2N2O4S. The number of nitrogens with one attached hydrogen (secondary N) is 2. The van der Waals surface area contributed by atoms with Crippen molar-refractivity contribution >= 4 is 38.9 Å². The summed E-state index contributed by atoms with van der Waals surface area (Å²) >= 11 is 5.80. The maximum Gasteiger partial charge on any atom is 0.387 e. The number of benzene rings is 2. The Morgan fingerprint density at radius 2 is 1.71 bits per heavy atom. The molecule has 1 amide bonds. The zero-order chi connectivity index (χ0) is 20.9. The smallest absolute Gasteiger partial charge is 0.387 e. The van der Waals surface area contributed by atoms with Crippen LogP contribution >= 0.6 is 11.6 Å². The van der Waals surface area contributed by atoms with E-state index >= 15 is 0 Å². The largest absolute Gasteiger partial charge is 0.433 e. The predicted octanol–water partition coefficient (Wildman–Crippen LogP) is 4.73. The SMILES string of the molecule is CC(C)CC(=O)Nc1ccc(NS(=O)(=O)c2ccc(OC(F)F)c(Cl)c2)cc1. The first kappa shape index (κ1) is 21.9. The fourth-order valence-electron chi connectivity index (χ4n) is 2.26. The molecule has 0 aliphatic carbocycles. The highest BCUT2D eigenvalue weighted by molar-refractivity contribution is 7.92. The first-order valence-corrected chi connectivity index (χ1v) is 10.1. The van der Waals surface area contributed by atoms with Crippen molar-refractivity contribution in [3.05, 3.63) is 47.5 Å². The van der Waals surface area contributed by atoms with Crippen molar-refractivity contribution in [3.63, 3.8) is 0 Å². The fraction of sp³-hybridized carbons (Fsp3) is 0.278. The van der Waals surface area contributed by atoms with Gasteiger partial charge >= 0.3 is 6.61 Å². The molecule has 0 atom stereocenters. The molecule has 10 heteroatoms. The summed E-state index contributed by atoms with van der Waals surface area (Å²) in [5.41, 5.74) is 0.788. The number of sulfonamides is 1. The quantitative estimate of drug-likeness (QED) is 0.631. The number of anilines is 2. The van der Waals surface area contributed by atoms with Gasteiger partial charge in [-0.25, -0.2) is 8.42 Å². The summed E-state index contributed by atoms with van der Waals surface area (Å²) in [6, 6.07) is 9.26. The summed E-state index contributed by atoms with van der Waals surface area (Å²) in [6.45, 7) is 0.781. The lowest BCUT2D eigenvalue weighted by atomic mass is 10.1. The van der Waals surface area contributed by atoms with Crippen molar-refractivity contribution in [2.24, 2.45) is 5.92 Å². The topological polar surface area (TPSA) is 84.5 Å². The minimum atomic E-state index is -4.00. The van der Waals surface area contributed by atoms with Gasteiger partial charge in [0.05, 0.1) is 9.92 Å². The van der Waals surface area contributed by atoms with Gasteiger partial charge in [-0.2, -0.15) is 8.78 Å². The van der Waals surface area contributed by atoms with E-state index in [0.29, 0.717) is 12.1 Å². The summed E-state index contributed by atoms with van der Waals surface area (Å²) in [5, 5.41) is 2.46. The maximum absolute atomic E-state index is 12.4. The molecule has 0 fully saturated rings. The number of halogens is 3. The molecule has 0 bridgehead atoms. The zero-order valence-electron chi connectivity index (χ0n) is 15.1. The maximum atomic E-state index is 12.4. The van der Waals surface area contributed by atoms with Gasteiger partial charge in [-0.05, 0) is 48.4 Å². The minimum absolute atomic E-state index is 0.135. The van der Waals surface area contributed by atoms with Crippen LogP contribution in [-0.2, 0) is 14.8 Å². The van der Waals surface area contributed by atoms with Crippen molar-refractivity contribution in [3.8, 4) is 5.75 Å². The van der Waals surface area contributed by atoms with E-state index in [1.807, 2.05) is 13.8 Å². The van der Waals surface area contributed by atoms with E-state index in [9.17, 15) is 22.0 Å². The first-order valence-electron chi connectivity index (χ1n) is 8.24. The molecule has 0 radical (unpaired) electrons. The molecule has 2 aromatic rings. The van der Waals surface area contributed by atoms with Gasteiger partial charge in [0.25, 0.3) is 10.0 Å². The van der Waals surface area contributed by atoms with Crippen LogP contribution in [0.1, 0.15) is 20.3 Å². The van der Waals surface area contributed by atoms with E-state index < -0.39 is 16.6 Å². The third-order valence-corrected chi connectivity index (χ3v) is 5.12. The van der Waals surface area contributed by atoms with E-state index in [1.54, 1.807) is 12.1 Å². The normalized spacial score (nSPS) is 11.5. The average Bonchev–Trinajstić information content (AvgIpc) is 2.57. The first-order chi connectivity index (χ1) is 13.1. The summed E-state index contributed by atoms with van der Waals surface area (Å²) < 4.78 is 55.9. The Labute approximate surface area is 166 Å². The molecule has 0 aromatic heterocycles. The van der Waals surface area contributed by atoms with E-state index in [4.69, 9.17) is 11.6 Å². The van der Waals surface area contributed by atoms with Crippen molar-refractivity contribution in [2.45, 2.75) is 31.8 Å². The number of amides is 1. The van der Waals surface area contributed by atoms with Crippen LogP contribution in [0.15, 0.2) is 47.4 Å². The Hall–Kier alpha value is -2.39. The van der Waals surface area contributed by atoms with Crippen LogP contribution in [-0.4, -0.2) is 20.9 Å². The van der Waals surface area contributed by atoms with Crippen molar-refractivity contribution in [1.82, 2.24) is 0 Å². The molecule has 0 saturated heterocycles. The standard InChI is InChI=1S/C18H19ClF2N2O4S/c1-11(2)9-17(24)22-12-3-5-13(6-4-12)23-28(25,26)14-7-8-16(15(19)10-14)27-18(20)21/h3-8,10-11,18,23H,9H2,1-2H3,(H,22,24). The summed E-state index contributed by atoms with van der Waals surface area (Å²) in [4.78, 5) is 11.5. The Kier molecular flexibility index (Phi) is 7.20. The van der Waals surface area contributed by atoms with Gasteiger partial charge in [0.15, 0.2) is 0 Å². The van der Waals surface area contributed by atoms with Crippen LogP contribution in [0.5, 0.6) is 5.75 Å². The Bertz CT molecular complexity index is 935. The summed E-state index contributed by atoms with van der Waals surface area (Å²) in [6.07, 6.45) is 0.375. The number of carbonyl (C=O) groups excluding carboxylic acids is 1. The van der Waals surface area contributed by atoms with Crippen LogP contribution in [0.3, 0.4) is 0 Å². The highest BCUT2D eigenvalue weighted by Gasteiger charge is 2.18. The lowest BCUT2D eigenvalue weighted by Gasteiger charge is -2.12. The van der Waals surface area contributed by atoms with Gasteiger partial charge in [-0.15, -0.1) is 0 Å². The average molecular weight is 433 g/mol. The molecule has 2 aromatic carbocycles. The lowest BCUT2D eigenvalue weighted by Crippen LogP contribution is -2.15. The monoisotopic (exact) mass is 432 g/mol. The molecule has 2 rings (SSSR count). The van der Waals surface area contributed by atoms with Crippen LogP contribution in [0, 0.1) is 5.92 Å². The predicted molar refractivity (Wildman–Crippen MR) is 103 cm³/mol. The van der Waals surface area contributed by atoms with Crippen LogP contribution in [0.4, 0.5) is 20.2 Å². The highest BCUT2D eigenvalue weighted by Crippen LogP contribution is 2.29. The van der Waals surface area contributed by atoms with Gasteiger partial charge < -0.3 is 10.1 Å². The molecule has 0 unspecified atom stereocenters. The molecule has 2 N–H and O–H groups in total. The van der Waals surface area contributed by atoms with Crippen molar-refractivity contribution < 1.29 is 26.7 Å². The molecule has 152 valence electrons. The van der Waals surface area contributed by atoms with Crippen molar-refractivity contribution in [1.29, 1.82) is 0 Å². The number of ether oxygens (including phenoxy) is 1. The van der Waals surface area contributed by atoms with Crippen LogP contribution < -0.4 is 14.8 Å². The Morgan fingerprint density at radius 3 is 2.25 bits per heavy atom. The van der Waals surface area contributed by atoms with E-state index in [0.717, 1.165) is 18.2 Å². The van der Waals surface area contributed by atoms with E-state index in [-0.39, 0.29) is 33.2 Å². The second-order valence-electron chi connectivity index (χ2n) is 6.30. The van der Waals surface area contributed by atoms with Crippen LogP contribution in [0.2, 0.25) is 5.02 Å². The molecule has 0 heterocycles. The zero-order valence-corrected chi connectivity index (χ0v) is 16.7. The number of rotatable bonds is 8.